The van der Waals surface area contributed by atoms with Gasteiger partial charge in [-0.15, -0.1) is 0 Å². The average molecular weight is 338 g/mol. The summed E-state index contributed by atoms with van der Waals surface area (Å²) >= 11 is 0. The van der Waals surface area contributed by atoms with Crippen LogP contribution >= 0.6 is 0 Å². The van der Waals surface area contributed by atoms with Crippen LogP contribution in [0.15, 0.2) is 40.9 Å². The Morgan fingerprint density at radius 3 is 3.04 bits per heavy atom. The molecule has 1 unspecified atom stereocenters. The Morgan fingerprint density at radius 2 is 2.24 bits per heavy atom. The lowest BCUT2D eigenvalue weighted by atomic mass is 10.1. The van der Waals surface area contributed by atoms with Gasteiger partial charge in [0.2, 0.25) is 5.91 Å². The zero-order chi connectivity index (χ0) is 17.4. The molecular weight excluding hydrogens is 316 g/mol. The van der Waals surface area contributed by atoms with Gasteiger partial charge in [0.25, 0.3) is 0 Å². The van der Waals surface area contributed by atoms with E-state index in [0.717, 1.165) is 54.0 Å². The lowest BCUT2D eigenvalue weighted by Gasteiger charge is -2.15. The summed E-state index contributed by atoms with van der Waals surface area (Å²) in [7, 11) is 1.93. The quantitative estimate of drug-likeness (QED) is 0.775. The van der Waals surface area contributed by atoms with Crippen LogP contribution in [-0.4, -0.2) is 33.7 Å². The van der Waals surface area contributed by atoms with Crippen molar-refractivity contribution in [3.05, 3.63) is 42.1 Å². The highest BCUT2D eigenvalue weighted by Crippen LogP contribution is 2.30. The van der Waals surface area contributed by atoms with Gasteiger partial charge in [-0.3, -0.25) is 14.4 Å². The van der Waals surface area contributed by atoms with Crippen molar-refractivity contribution in [3.63, 3.8) is 0 Å². The fourth-order valence-electron chi connectivity index (χ4n) is 3.71. The molecule has 1 amide bonds. The number of nitrogens with zero attached hydrogens (tertiary/aromatic N) is 3. The molecule has 25 heavy (non-hydrogen) atoms. The van der Waals surface area contributed by atoms with Gasteiger partial charge in [0.05, 0.1) is 0 Å². The maximum absolute atomic E-state index is 11.1. The molecule has 0 radical (unpaired) electrons. The van der Waals surface area contributed by atoms with Crippen molar-refractivity contribution in [2.45, 2.75) is 19.4 Å². The summed E-state index contributed by atoms with van der Waals surface area (Å²) in [4.78, 5) is 13.5. The average Bonchev–Trinajstić information content (AvgIpc) is 3.25. The second-order valence-corrected chi connectivity index (χ2v) is 6.89. The summed E-state index contributed by atoms with van der Waals surface area (Å²) < 4.78 is 7.82. The van der Waals surface area contributed by atoms with E-state index in [9.17, 15) is 4.79 Å². The van der Waals surface area contributed by atoms with Crippen molar-refractivity contribution in [2.75, 3.05) is 13.1 Å². The molecule has 4 rings (SSSR count). The maximum atomic E-state index is 11.1. The molecule has 6 nitrogen and oxygen atoms in total. The van der Waals surface area contributed by atoms with Crippen LogP contribution in [-0.2, 0) is 18.4 Å². The largest absolute Gasteiger partial charge is 0.454 e. The van der Waals surface area contributed by atoms with Gasteiger partial charge in [0.15, 0.2) is 5.76 Å². The summed E-state index contributed by atoms with van der Waals surface area (Å²) in [5, 5.41) is 5.69. The Bertz CT molecular complexity index is 878. The third-order valence-electron chi connectivity index (χ3n) is 4.82. The highest BCUT2D eigenvalue weighted by Gasteiger charge is 2.25. The Kier molecular flexibility index (Phi) is 4.05. The highest BCUT2D eigenvalue weighted by molar-refractivity contribution is 5.82. The van der Waals surface area contributed by atoms with Gasteiger partial charge < -0.3 is 10.2 Å². The van der Waals surface area contributed by atoms with Gasteiger partial charge in [-0.2, -0.15) is 5.10 Å². The molecule has 1 aromatic carbocycles. The van der Waals surface area contributed by atoms with Crippen LogP contribution in [0.3, 0.4) is 0 Å². The van der Waals surface area contributed by atoms with E-state index in [-0.39, 0.29) is 5.91 Å². The number of aryl methyl sites for hydroxylation is 1. The fraction of sp³-hybridized carbons (Fsp3) is 0.368. The van der Waals surface area contributed by atoms with E-state index >= 15 is 0 Å². The summed E-state index contributed by atoms with van der Waals surface area (Å²) in [6.07, 6.45) is 3.53. The molecule has 2 aromatic heterocycles. The number of carbonyl (C=O) groups is 1. The number of nitrogens with two attached hydrogens (primary N) is 1. The number of furan rings is 1. The van der Waals surface area contributed by atoms with Gasteiger partial charge in [-0.05, 0) is 31.0 Å². The molecule has 130 valence electrons. The number of rotatable bonds is 5. The minimum atomic E-state index is -0.212. The molecule has 2 N–H and O–H groups in total. The second kappa shape index (κ2) is 6.37. The van der Waals surface area contributed by atoms with Crippen molar-refractivity contribution < 1.29 is 9.21 Å². The van der Waals surface area contributed by atoms with Gasteiger partial charge in [-0.1, -0.05) is 18.2 Å². The first-order valence-corrected chi connectivity index (χ1v) is 8.60. The minimum absolute atomic E-state index is 0.212. The second-order valence-electron chi connectivity index (χ2n) is 6.89. The Hall–Kier alpha value is -2.60. The minimum Gasteiger partial charge on any atom is -0.454 e. The number of benzene rings is 1. The van der Waals surface area contributed by atoms with E-state index in [1.165, 1.54) is 0 Å². The number of para-hydroxylation sites is 1. The van der Waals surface area contributed by atoms with E-state index in [2.05, 4.69) is 10.00 Å². The van der Waals surface area contributed by atoms with Crippen molar-refractivity contribution in [1.82, 2.24) is 14.7 Å². The molecular formula is C19H22N4O2. The van der Waals surface area contributed by atoms with Crippen LogP contribution in [0, 0.1) is 5.92 Å². The topological polar surface area (TPSA) is 77.3 Å². The van der Waals surface area contributed by atoms with E-state index in [0.29, 0.717) is 12.3 Å². The summed E-state index contributed by atoms with van der Waals surface area (Å²) in [6, 6.07) is 10.0. The van der Waals surface area contributed by atoms with Gasteiger partial charge in [-0.25, -0.2) is 0 Å². The van der Waals surface area contributed by atoms with Gasteiger partial charge >= 0.3 is 0 Å². The first-order valence-electron chi connectivity index (χ1n) is 8.60. The fourth-order valence-corrected chi connectivity index (χ4v) is 3.71. The molecule has 0 bridgehead atoms. The predicted octanol–water partition coefficient (Wildman–Crippen LogP) is 2.53. The SMILES string of the molecule is Cn1cc(CN2CCC(CC(N)=O)C2)c(-c2cc3ccccc3o2)n1. The third kappa shape index (κ3) is 3.30. The zero-order valence-electron chi connectivity index (χ0n) is 14.3. The molecule has 0 spiro atoms. The number of fused-ring (bicyclic) bond motifs is 1. The molecule has 3 heterocycles. The van der Waals surface area contributed by atoms with Crippen LogP contribution in [0.1, 0.15) is 18.4 Å². The standard InChI is InChI=1S/C19H22N4O2/c1-22-11-15(12-23-7-6-13(10-23)8-18(20)24)19(21-22)17-9-14-4-2-3-5-16(14)25-17/h2-5,9,11,13H,6-8,10,12H2,1H3,(H2,20,24). The van der Waals surface area contributed by atoms with Gasteiger partial charge in [0.1, 0.15) is 11.3 Å². The first kappa shape index (κ1) is 15.9. The van der Waals surface area contributed by atoms with Crippen molar-refractivity contribution >= 4 is 16.9 Å². The predicted molar refractivity (Wildman–Crippen MR) is 95.6 cm³/mol. The molecule has 1 aliphatic heterocycles. The van der Waals surface area contributed by atoms with Gasteiger partial charge in [0, 0.05) is 43.7 Å². The molecule has 1 atom stereocenters. The molecule has 1 aliphatic rings. The van der Waals surface area contributed by atoms with Crippen LogP contribution in [0.25, 0.3) is 22.4 Å². The Labute approximate surface area is 146 Å². The summed E-state index contributed by atoms with van der Waals surface area (Å²) in [5.41, 5.74) is 8.23. The summed E-state index contributed by atoms with van der Waals surface area (Å²) in [6.45, 7) is 2.68. The monoisotopic (exact) mass is 338 g/mol. The van der Waals surface area contributed by atoms with Crippen LogP contribution in [0.2, 0.25) is 0 Å². The van der Waals surface area contributed by atoms with E-state index in [1.807, 2.05) is 48.3 Å². The smallest absolute Gasteiger partial charge is 0.217 e. The van der Waals surface area contributed by atoms with E-state index in [4.69, 9.17) is 10.2 Å². The van der Waals surface area contributed by atoms with Crippen molar-refractivity contribution in [1.29, 1.82) is 0 Å². The number of amides is 1. The molecule has 0 aliphatic carbocycles. The first-order chi connectivity index (χ1) is 12.1. The maximum Gasteiger partial charge on any atom is 0.217 e. The Balaban J connectivity index is 1.56. The molecule has 1 fully saturated rings. The number of likely N-dealkylation sites (tertiary alicyclic amines) is 1. The van der Waals surface area contributed by atoms with E-state index < -0.39 is 0 Å². The lowest BCUT2D eigenvalue weighted by molar-refractivity contribution is -0.118. The number of primary amides is 1. The molecule has 3 aromatic rings. The van der Waals surface area contributed by atoms with Crippen LogP contribution < -0.4 is 5.73 Å². The summed E-state index contributed by atoms with van der Waals surface area (Å²) in [5.74, 6) is 0.949. The van der Waals surface area contributed by atoms with Crippen molar-refractivity contribution in [3.8, 4) is 11.5 Å². The lowest BCUT2D eigenvalue weighted by Crippen LogP contribution is -2.22. The highest BCUT2D eigenvalue weighted by atomic mass is 16.3. The van der Waals surface area contributed by atoms with Crippen molar-refractivity contribution in [2.24, 2.45) is 18.7 Å². The van der Waals surface area contributed by atoms with Crippen LogP contribution in [0.5, 0.6) is 0 Å². The normalized spacial score (nSPS) is 18.2. The molecule has 1 saturated heterocycles. The molecule has 0 saturated carbocycles. The molecule has 6 heteroatoms. The van der Waals surface area contributed by atoms with Crippen LogP contribution in [0.4, 0.5) is 0 Å². The number of hydrogen-bond donors (Lipinski definition) is 1. The zero-order valence-corrected chi connectivity index (χ0v) is 14.3. The number of aromatic nitrogens is 2. The van der Waals surface area contributed by atoms with E-state index in [1.54, 1.807) is 0 Å². The number of hydrogen-bond acceptors (Lipinski definition) is 4. The Morgan fingerprint density at radius 1 is 1.40 bits per heavy atom. The number of carbonyl (C=O) groups excluding carboxylic acids is 1. The third-order valence-corrected chi connectivity index (χ3v) is 4.82.